The van der Waals surface area contributed by atoms with Gasteiger partial charge in [0.2, 0.25) is 5.91 Å². The number of carbonyl (C=O) groups is 2. The molecule has 2 fully saturated rings. The largest absolute Gasteiger partial charge is 0.490 e. The molecule has 31 heavy (non-hydrogen) atoms. The highest BCUT2D eigenvalue weighted by Gasteiger charge is 2.26. The van der Waals surface area contributed by atoms with Crippen LogP contribution in [0.3, 0.4) is 0 Å². The minimum atomic E-state index is -0.509. The van der Waals surface area contributed by atoms with Crippen molar-refractivity contribution in [3.63, 3.8) is 0 Å². The molecule has 164 valence electrons. The van der Waals surface area contributed by atoms with Gasteiger partial charge in [-0.1, -0.05) is 24.3 Å². The van der Waals surface area contributed by atoms with Crippen LogP contribution in [0.25, 0.3) is 0 Å². The molecule has 2 aromatic carbocycles. The minimum absolute atomic E-state index is 0.0834. The monoisotopic (exact) mass is 424 g/mol. The lowest BCUT2D eigenvalue weighted by Gasteiger charge is -2.35. The van der Waals surface area contributed by atoms with Gasteiger partial charge in [-0.3, -0.25) is 9.59 Å². The van der Waals surface area contributed by atoms with Crippen molar-refractivity contribution in [2.45, 2.75) is 44.6 Å². The van der Waals surface area contributed by atoms with Gasteiger partial charge < -0.3 is 14.5 Å². The number of hydrogen-bond donors (Lipinski definition) is 0. The van der Waals surface area contributed by atoms with E-state index >= 15 is 0 Å². The summed E-state index contributed by atoms with van der Waals surface area (Å²) in [5, 5.41) is 0. The Bertz CT molecular complexity index is 918. The summed E-state index contributed by atoms with van der Waals surface area (Å²) in [5.41, 5.74) is 1.18. The van der Waals surface area contributed by atoms with Gasteiger partial charge in [0.15, 0.2) is 0 Å². The number of aryl methyl sites for hydroxylation is 1. The average molecular weight is 425 g/mol. The smallest absolute Gasteiger partial charge is 0.256 e. The van der Waals surface area contributed by atoms with Crippen LogP contribution in [0, 0.1) is 5.82 Å². The molecule has 4 rings (SSSR count). The highest BCUT2D eigenvalue weighted by atomic mass is 19.1. The number of amides is 2. The van der Waals surface area contributed by atoms with Crippen LogP contribution < -0.4 is 4.74 Å². The SMILES string of the molecule is O=C(CCc1cccc(OC2CCCC2)c1)N1CCN(C(=O)c2ccccc2F)CC1. The van der Waals surface area contributed by atoms with Gasteiger partial charge in [0.05, 0.1) is 11.7 Å². The van der Waals surface area contributed by atoms with Gasteiger partial charge in [-0.05, 0) is 61.9 Å². The standard InChI is InChI=1S/C25H29FN2O3/c26-23-11-4-3-10-22(23)25(30)28-16-14-27(15-17-28)24(29)13-12-19-6-5-9-21(18-19)31-20-7-1-2-8-20/h3-6,9-11,18,20H,1-2,7-8,12-17H2. The molecule has 0 spiro atoms. The second-order valence-corrected chi connectivity index (χ2v) is 8.32. The van der Waals surface area contributed by atoms with E-state index in [1.807, 2.05) is 24.3 Å². The molecule has 0 bridgehead atoms. The average Bonchev–Trinajstić information content (AvgIpc) is 3.31. The summed E-state index contributed by atoms with van der Waals surface area (Å²) in [6.45, 7) is 1.79. The summed E-state index contributed by atoms with van der Waals surface area (Å²) in [6, 6.07) is 14.0. The lowest BCUT2D eigenvalue weighted by atomic mass is 10.1. The van der Waals surface area contributed by atoms with Crippen LogP contribution in [0.15, 0.2) is 48.5 Å². The number of carbonyl (C=O) groups excluding carboxylic acids is 2. The Morgan fingerprint density at radius 2 is 1.65 bits per heavy atom. The Labute approximate surface area is 182 Å². The number of halogens is 1. The zero-order valence-electron chi connectivity index (χ0n) is 17.8. The van der Waals surface area contributed by atoms with Crippen molar-refractivity contribution in [3.8, 4) is 5.75 Å². The molecular weight excluding hydrogens is 395 g/mol. The predicted octanol–water partition coefficient (Wildman–Crippen LogP) is 4.06. The topological polar surface area (TPSA) is 49.9 Å². The zero-order chi connectivity index (χ0) is 21.6. The van der Waals surface area contributed by atoms with Gasteiger partial charge in [-0.2, -0.15) is 0 Å². The summed E-state index contributed by atoms with van der Waals surface area (Å²) in [7, 11) is 0. The first kappa shape index (κ1) is 21.3. The highest BCUT2D eigenvalue weighted by molar-refractivity contribution is 5.94. The maximum atomic E-state index is 13.9. The molecule has 0 N–H and O–H groups in total. The van der Waals surface area contributed by atoms with Gasteiger partial charge >= 0.3 is 0 Å². The first-order valence-corrected chi connectivity index (χ1v) is 11.2. The van der Waals surface area contributed by atoms with Crippen molar-refractivity contribution in [1.82, 2.24) is 9.80 Å². The summed E-state index contributed by atoms with van der Waals surface area (Å²) in [6.07, 6.45) is 6.11. The molecule has 1 aliphatic heterocycles. The number of piperazine rings is 1. The van der Waals surface area contributed by atoms with Gasteiger partial charge in [0, 0.05) is 32.6 Å². The summed E-state index contributed by atoms with van der Waals surface area (Å²) >= 11 is 0. The highest BCUT2D eigenvalue weighted by Crippen LogP contribution is 2.25. The Morgan fingerprint density at radius 3 is 2.39 bits per heavy atom. The third kappa shape index (κ3) is 5.43. The number of rotatable bonds is 6. The Balaban J connectivity index is 1.25. The van der Waals surface area contributed by atoms with Crippen molar-refractivity contribution in [2.75, 3.05) is 26.2 Å². The second-order valence-electron chi connectivity index (χ2n) is 8.32. The molecule has 2 aliphatic rings. The Morgan fingerprint density at radius 1 is 0.935 bits per heavy atom. The molecule has 2 amide bonds. The van der Waals surface area contributed by atoms with Crippen LogP contribution in [0.5, 0.6) is 5.75 Å². The fourth-order valence-electron chi connectivity index (χ4n) is 4.35. The van der Waals surface area contributed by atoms with Crippen molar-refractivity contribution in [3.05, 3.63) is 65.5 Å². The molecule has 0 radical (unpaired) electrons. The second kappa shape index (κ2) is 9.94. The third-order valence-corrected chi connectivity index (χ3v) is 6.15. The maximum absolute atomic E-state index is 13.9. The van der Waals surface area contributed by atoms with Crippen LogP contribution in [0.1, 0.15) is 48.0 Å². The minimum Gasteiger partial charge on any atom is -0.490 e. The van der Waals surface area contributed by atoms with E-state index in [4.69, 9.17) is 4.74 Å². The molecule has 1 saturated heterocycles. The van der Waals surface area contributed by atoms with Crippen LogP contribution in [0.2, 0.25) is 0 Å². The van der Waals surface area contributed by atoms with E-state index in [1.165, 1.54) is 25.0 Å². The van der Waals surface area contributed by atoms with E-state index < -0.39 is 5.82 Å². The molecule has 1 saturated carbocycles. The van der Waals surface area contributed by atoms with Gasteiger partial charge in [-0.15, -0.1) is 0 Å². The molecule has 6 heteroatoms. The normalized spacial score (nSPS) is 17.1. The van der Waals surface area contributed by atoms with Crippen molar-refractivity contribution in [1.29, 1.82) is 0 Å². The molecular formula is C25H29FN2O3. The van der Waals surface area contributed by atoms with Crippen LogP contribution in [-0.2, 0) is 11.2 Å². The van der Waals surface area contributed by atoms with Crippen LogP contribution in [0.4, 0.5) is 4.39 Å². The third-order valence-electron chi connectivity index (χ3n) is 6.15. The lowest BCUT2D eigenvalue weighted by molar-refractivity contribution is -0.132. The molecule has 1 heterocycles. The van der Waals surface area contributed by atoms with Crippen LogP contribution in [-0.4, -0.2) is 53.9 Å². The molecule has 2 aromatic rings. The first-order valence-electron chi connectivity index (χ1n) is 11.2. The molecule has 0 atom stereocenters. The number of hydrogen-bond acceptors (Lipinski definition) is 3. The van der Waals surface area contributed by atoms with Gasteiger partial charge in [0.25, 0.3) is 5.91 Å². The van der Waals surface area contributed by atoms with E-state index in [1.54, 1.807) is 21.9 Å². The fourth-order valence-corrected chi connectivity index (χ4v) is 4.35. The summed E-state index contributed by atoms with van der Waals surface area (Å²) < 4.78 is 19.9. The predicted molar refractivity (Wildman–Crippen MR) is 117 cm³/mol. The number of benzene rings is 2. The van der Waals surface area contributed by atoms with Crippen molar-refractivity contribution < 1.29 is 18.7 Å². The maximum Gasteiger partial charge on any atom is 0.256 e. The summed E-state index contributed by atoms with van der Waals surface area (Å²) in [5.74, 6) is 0.145. The number of ether oxygens (including phenoxy) is 1. The molecule has 0 unspecified atom stereocenters. The zero-order valence-corrected chi connectivity index (χ0v) is 17.8. The first-order chi connectivity index (χ1) is 15.1. The molecule has 5 nitrogen and oxygen atoms in total. The fraction of sp³-hybridized carbons (Fsp3) is 0.440. The summed E-state index contributed by atoms with van der Waals surface area (Å²) in [4.78, 5) is 28.6. The van der Waals surface area contributed by atoms with E-state index in [-0.39, 0.29) is 17.4 Å². The number of nitrogens with zero attached hydrogens (tertiary/aromatic N) is 2. The van der Waals surface area contributed by atoms with E-state index in [9.17, 15) is 14.0 Å². The van der Waals surface area contributed by atoms with E-state index in [2.05, 4.69) is 0 Å². The lowest BCUT2D eigenvalue weighted by Crippen LogP contribution is -2.50. The molecule has 0 aromatic heterocycles. The van der Waals surface area contributed by atoms with E-state index in [0.29, 0.717) is 45.1 Å². The van der Waals surface area contributed by atoms with Gasteiger partial charge in [-0.25, -0.2) is 4.39 Å². The van der Waals surface area contributed by atoms with Crippen molar-refractivity contribution in [2.24, 2.45) is 0 Å². The Hall–Kier alpha value is -2.89. The quantitative estimate of drug-likeness (QED) is 0.703. The van der Waals surface area contributed by atoms with Crippen LogP contribution >= 0.6 is 0 Å². The van der Waals surface area contributed by atoms with E-state index in [0.717, 1.165) is 24.2 Å². The van der Waals surface area contributed by atoms with Crippen molar-refractivity contribution >= 4 is 11.8 Å². The Kier molecular flexibility index (Phi) is 6.85. The molecule has 1 aliphatic carbocycles. The van der Waals surface area contributed by atoms with Gasteiger partial charge in [0.1, 0.15) is 11.6 Å².